The Balaban J connectivity index is 0.000000212. The Hall–Kier alpha value is -9.22. The number of benzene rings is 6. The highest BCUT2D eigenvalue weighted by atomic mass is 32.2. The van der Waals surface area contributed by atoms with Gasteiger partial charge < -0.3 is 31.8 Å². The lowest BCUT2D eigenvalue weighted by molar-refractivity contribution is -0.121. The molecule has 20 nitrogen and oxygen atoms in total. The minimum atomic E-state index is -4.07. The van der Waals surface area contributed by atoms with Gasteiger partial charge in [-0.1, -0.05) is 132 Å². The van der Waals surface area contributed by atoms with Gasteiger partial charge in [-0.05, 0) is 66.9 Å². The number of nitrogens with one attached hydrogen (secondary N) is 2. The number of aromatic nitrogens is 4. The lowest BCUT2D eigenvalue weighted by Crippen LogP contribution is -2.31. The molecule has 0 aliphatic rings. The Bertz CT molecular complexity index is 3580. The average Bonchev–Trinajstić information content (AvgIpc) is 3.43. The molecule has 0 bridgehead atoms. The number of hydrogen-bond donors (Lipinski definition) is 6. The molecule has 0 spiro atoms. The lowest BCUT2D eigenvalue weighted by Gasteiger charge is -2.09. The van der Waals surface area contributed by atoms with Crippen LogP contribution >= 0.6 is 0 Å². The number of aryl methyl sites for hydroxylation is 2. The predicted octanol–water partition coefficient (Wildman–Crippen LogP) is 7.28. The van der Waals surface area contributed by atoms with E-state index in [1.165, 1.54) is 60.9 Å². The fraction of sp³-hybridized carbons (Fsp3) is 0.158. The number of carbonyl (C=O) groups excluding carboxylic acids is 3. The van der Waals surface area contributed by atoms with Gasteiger partial charge in [-0.3, -0.25) is 14.4 Å². The van der Waals surface area contributed by atoms with Crippen LogP contribution in [0.4, 0.5) is 17.3 Å². The van der Waals surface area contributed by atoms with Crippen molar-refractivity contribution in [3.05, 3.63) is 209 Å². The van der Waals surface area contributed by atoms with Crippen molar-refractivity contribution < 1.29 is 50.6 Å². The van der Waals surface area contributed by atoms with Gasteiger partial charge in [-0.15, -0.1) is 0 Å². The number of nitrogen functional groups attached to an aromatic ring is 3. The van der Waals surface area contributed by atoms with Crippen molar-refractivity contribution in [2.45, 2.75) is 56.1 Å². The minimum Gasteiger partial charge on any atom is -0.476 e. The molecule has 0 aliphatic carbocycles. The van der Waals surface area contributed by atoms with Gasteiger partial charge in [0.05, 0.1) is 72.8 Å². The zero-order valence-electron chi connectivity index (χ0n) is 43.0. The number of carboxylic acid groups (broad SMARTS) is 1. The van der Waals surface area contributed by atoms with Crippen molar-refractivity contribution in [2.24, 2.45) is 0 Å². The van der Waals surface area contributed by atoms with Crippen LogP contribution in [0.15, 0.2) is 180 Å². The third kappa shape index (κ3) is 18.5. The van der Waals surface area contributed by atoms with Crippen molar-refractivity contribution in [1.82, 2.24) is 29.4 Å². The van der Waals surface area contributed by atoms with Crippen molar-refractivity contribution in [2.75, 3.05) is 30.4 Å². The largest absolute Gasteiger partial charge is 0.476 e. The maximum absolute atomic E-state index is 12.9. The molecule has 0 radical (unpaired) electrons. The van der Waals surface area contributed by atoms with E-state index in [4.69, 9.17) is 31.8 Å². The molecular formula is C57H57N9O11S2. The number of carboxylic acids is 1. The SMILES string of the molecule is Cc1ccc(-c2cnc(N)c(C(=O)Cc3ccc(S(=O)(=O)NC(=O)CCOCc4ccccc4)cc3)n2)cc1.Cc1ccc(-c2cnc(N)c(C(=O)O)n2)cc1.Nc1ccc(S(=O)(=O)NC(=O)CCOCc2ccccc2)cc1. The number of nitrogens with two attached hydrogens (primary N) is 3. The second-order valence-corrected chi connectivity index (χ2v) is 20.8. The molecule has 8 rings (SSSR count). The minimum absolute atomic E-state index is 0.00902. The van der Waals surface area contributed by atoms with E-state index in [0.29, 0.717) is 35.9 Å². The van der Waals surface area contributed by atoms with E-state index in [2.05, 4.69) is 19.9 Å². The number of ketones is 1. The van der Waals surface area contributed by atoms with Crippen LogP contribution in [0.1, 0.15) is 61.6 Å². The van der Waals surface area contributed by atoms with Crippen LogP contribution in [0, 0.1) is 13.8 Å². The fourth-order valence-electron chi connectivity index (χ4n) is 6.97. The van der Waals surface area contributed by atoms with Crippen LogP contribution < -0.4 is 26.6 Å². The Morgan fingerprint density at radius 3 is 1.32 bits per heavy atom. The molecule has 0 unspecified atom stereocenters. The summed E-state index contributed by atoms with van der Waals surface area (Å²) in [5, 5.41) is 8.90. The lowest BCUT2D eigenvalue weighted by atomic mass is 10.1. The van der Waals surface area contributed by atoms with E-state index >= 15 is 0 Å². The molecule has 22 heteroatoms. The first-order valence-electron chi connectivity index (χ1n) is 24.2. The summed E-state index contributed by atoms with van der Waals surface area (Å²) >= 11 is 0. The highest BCUT2D eigenvalue weighted by Crippen LogP contribution is 2.22. The van der Waals surface area contributed by atoms with Crippen molar-refractivity contribution in [3.8, 4) is 22.5 Å². The topological polar surface area (TPSA) is 329 Å². The molecular weight excluding hydrogens is 1050 g/mol. The zero-order valence-corrected chi connectivity index (χ0v) is 44.6. The zero-order chi connectivity index (χ0) is 57.0. The van der Waals surface area contributed by atoms with Crippen LogP contribution in [0.25, 0.3) is 22.5 Å². The van der Waals surface area contributed by atoms with Gasteiger partial charge in [-0.2, -0.15) is 0 Å². The molecule has 79 heavy (non-hydrogen) atoms. The Labute approximate surface area is 457 Å². The number of nitrogens with zero attached hydrogens (tertiary/aromatic N) is 4. The van der Waals surface area contributed by atoms with Crippen LogP contribution in [-0.4, -0.2) is 78.7 Å². The first kappa shape index (κ1) is 59.0. The molecule has 9 N–H and O–H groups in total. The molecule has 0 atom stereocenters. The number of hydrogen-bond acceptors (Lipinski definition) is 17. The van der Waals surface area contributed by atoms with Crippen LogP contribution in [0.2, 0.25) is 0 Å². The predicted molar refractivity (Wildman–Crippen MR) is 298 cm³/mol. The second-order valence-electron chi connectivity index (χ2n) is 17.5. The van der Waals surface area contributed by atoms with E-state index in [0.717, 1.165) is 33.4 Å². The van der Waals surface area contributed by atoms with E-state index in [1.54, 1.807) is 0 Å². The first-order valence-corrected chi connectivity index (χ1v) is 27.2. The highest BCUT2D eigenvalue weighted by molar-refractivity contribution is 7.90. The van der Waals surface area contributed by atoms with E-state index in [1.807, 2.05) is 132 Å². The summed E-state index contributed by atoms with van der Waals surface area (Å²) in [7, 11) is -7.95. The Morgan fingerprint density at radius 2 is 0.899 bits per heavy atom. The van der Waals surface area contributed by atoms with Crippen LogP contribution in [0.3, 0.4) is 0 Å². The highest BCUT2D eigenvalue weighted by Gasteiger charge is 2.21. The smallest absolute Gasteiger partial charge is 0.358 e. The summed E-state index contributed by atoms with van der Waals surface area (Å²) in [5.41, 5.74) is 24.5. The molecule has 2 heterocycles. The van der Waals surface area contributed by atoms with Crippen molar-refractivity contribution in [1.29, 1.82) is 0 Å². The van der Waals surface area contributed by atoms with E-state index in [-0.39, 0.29) is 71.1 Å². The van der Waals surface area contributed by atoms with Gasteiger partial charge in [-0.25, -0.2) is 51.0 Å². The molecule has 2 aromatic heterocycles. The van der Waals surface area contributed by atoms with Crippen LogP contribution in [-0.2, 0) is 58.7 Å². The molecule has 2 amide bonds. The van der Waals surface area contributed by atoms with Gasteiger partial charge in [0.2, 0.25) is 11.8 Å². The molecule has 0 fully saturated rings. The molecule has 0 aliphatic heterocycles. The summed E-state index contributed by atoms with van der Waals surface area (Å²) in [6.07, 6.45) is 2.78. The van der Waals surface area contributed by atoms with E-state index in [9.17, 15) is 36.0 Å². The monoisotopic (exact) mass is 1110 g/mol. The fourth-order valence-corrected chi connectivity index (χ4v) is 8.99. The summed E-state index contributed by atoms with van der Waals surface area (Å²) in [4.78, 5) is 63.9. The number of ether oxygens (including phenoxy) is 2. The van der Waals surface area contributed by atoms with Crippen LogP contribution in [0.5, 0.6) is 0 Å². The number of Topliss-reactive ketones (excluding diaryl/α,β-unsaturated/α-hetero) is 1. The number of aromatic carboxylic acids is 1. The number of amides is 2. The quantitative estimate of drug-likeness (QED) is 0.0248. The summed E-state index contributed by atoms with van der Waals surface area (Å²) in [6, 6.07) is 45.5. The third-order valence-electron chi connectivity index (χ3n) is 11.2. The van der Waals surface area contributed by atoms with Crippen molar-refractivity contribution >= 4 is 60.9 Å². The number of rotatable bonds is 20. The Morgan fingerprint density at radius 1 is 0.506 bits per heavy atom. The van der Waals surface area contributed by atoms with Gasteiger partial charge in [0, 0.05) is 23.2 Å². The second kappa shape index (κ2) is 28.2. The molecule has 0 saturated heterocycles. The molecule has 6 aromatic carbocycles. The van der Waals surface area contributed by atoms with Gasteiger partial charge in [0.1, 0.15) is 5.69 Å². The Kier molecular flexibility index (Phi) is 21.1. The maximum Gasteiger partial charge on any atom is 0.358 e. The van der Waals surface area contributed by atoms with E-state index < -0.39 is 37.8 Å². The summed E-state index contributed by atoms with van der Waals surface area (Å²) in [6.45, 7) is 4.86. The average molecular weight is 1110 g/mol. The maximum atomic E-state index is 12.9. The summed E-state index contributed by atoms with van der Waals surface area (Å²) < 4.78 is 64.1. The van der Waals surface area contributed by atoms with Gasteiger partial charge in [0.15, 0.2) is 23.1 Å². The number of sulfonamides is 2. The number of carbonyl (C=O) groups is 4. The standard InChI is InChI=1S/C29H28N4O5S.C16H18N2O4S.C12H11N3O2/c1-20-7-11-23(12-8-20)25-18-31-29(30)28(32-25)26(34)17-21-9-13-24(14-10-21)39(36,37)33-27(35)15-16-38-19-22-5-3-2-4-6-22;17-14-6-8-15(9-7-14)23(20,21)18-16(19)10-11-22-12-13-4-2-1-3-5-13;1-7-2-4-8(5-3-7)9-6-14-11(13)10(15-9)12(16)17/h2-14,18H,15-17,19H2,1H3,(H2,30,31)(H,33,35);1-9H,10-12,17H2,(H,18,19);2-6H,1H3,(H2,13,14)(H,16,17). The molecule has 8 aromatic rings. The molecule has 408 valence electrons. The molecule has 0 saturated carbocycles. The first-order chi connectivity index (χ1) is 37.8. The van der Waals surface area contributed by atoms with Gasteiger partial charge in [0.25, 0.3) is 20.0 Å². The normalized spacial score (nSPS) is 11.0. The third-order valence-corrected chi connectivity index (χ3v) is 14.0. The van der Waals surface area contributed by atoms with Crippen molar-refractivity contribution in [3.63, 3.8) is 0 Å². The summed E-state index contributed by atoms with van der Waals surface area (Å²) in [5.74, 6) is -2.88. The van der Waals surface area contributed by atoms with Gasteiger partial charge >= 0.3 is 5.97 Å². The number of anilines is 3.